The summed E-state index contributed by atoms with van der Waals surface area (Å²) in [6.07, 6.45) is 14.2. The molecule has 1 aliphatic heterocycles. The third kappa shape index (κ3) is 3.32. The summed E-state index contributed by atoms with van der Waals surface area (Å²) in [6, 6.07) is 5.66. The fourth-order valence-electron chi connectivity index (χ4n) is 7.82. The second-order valence-electron chi connectivity index (χ2n) is 11.4. The molecule has 8 rings (SSSR count). The Kier molecular flexibility index (Phi) is 5.28. The molecule has 0 N–H and O–H groups in total. The molecule has 3 heterocycles. The van der Waals surface area contributed by atoms with Gasteiger partial charge >= 0.3 is 0 Å². The Balaban J connectivity index is 1.03. The lowest BCUT2D eigenvalue weighted by Crippen LogP contribution is -2.32. The van der Waals surface area contributed by atoms with E-state index in [9.17, 15) is 14.4 Å². The van der Waals surface area contributed by atoms with Crippen LogP contribution < -0.4 is 4.90 Å². The molecule has 5 aliphatic rings. The molecule has 2 amide bonds. The number of benzene rings is 1. The van der Waals surface area contributed by atoms with E-state index in [0.717, 1.165) is 59.5 Å². The molecule has 2 aromatic heterocycles. The van der Waals surface area contributed by atoms with Gasteiger partial charge in [-0.3, -0.25) is 19.0 Å². The monoisotopic (exact) mass is 543 g/mol. The van der Waals surface area contributed by atoms with Crippen molar-refractivity contribution in [1.82, 2.24) is 9.55 Å². The number of carbonyl (C=O) groups is 3. The summed E-state index contributed by atoms with van der Waals surface area (Å²) in [7, 11) is 0. The van der Waals surface area contributed by atoms with Gasteiger partial charge in [0.1, 0.15) is 0 Å². The molecule has 2 bridgehead atoms. The van der Waals surface area contributed by atoms with Crippen LogP contribution in [-0.4, -0.2) is 33.0 Å². The van der Waals surface area contributed by atoms with E-state index in [1.54, 1.807) is 0 Å². The van der Waals surface area contributed by atoms with Gasteiger partial charge in [0.25, 0.3) is 0 Å². The molecule has 2 fully saturated rings. The van der Waals surface area contributed by atoms with Gasteiger partial charge in [0.2, 0.25) is 17.7 Å². The molecule has 4 atom stereocenters. The minimum absolute atomic E-state index is 0.0562. The lowest BCUT2D eigenvalue weighted by Gasteiger charge is -2.17. The molecule has 194 valence electrons. The van der Waals surface area contributed by atoms with Gasteiger partial charge in [0, 0.05) is 11.4 Å². The van der Waals surface area contributed by atoms with Crippen LogP contribution >= 0.6 is 23.1 Å². The molecule has 4 aliphatic carbocycles. The van der Waals surface area contributed by atoms with Gasteiger partial charge in [-0.05, 0) is 98.9 Å². The summed E-state index contributed by atoms with van der Waals surface area (Å²) in [5.74, 6) is 0.431. The van der Waals surface area contributed by atoms with Crippen molar-refractivity contribution in [3.05, 3.63) is 52.9 Å². The molecular weight excluding hydrogens is 514 g/mol. The number of thioether (sulfide) groups is 1. The maximum Gasteiger partial charge on any atom is 0.241 e. The molecule has 0 unspecified atom stereocenters. The zero-order valence-electron chi connectivity index (χ0n) is 21.2. The highest BCUT2D eigenvalue weighted by Crippen LogP contribution is 2.53. The number of rotatable bonds is 4. The first-order valence-corrected chi connectivity index (χ1v) is 15.8. The molecule has 38 heavy (non-hydrogen) atoms. The Hall–Kier alpha value is -2.71. The molecule has 0 spiro atoms. The van der Waals surface area contributed by atoms with Crippen molar-refractivity contribution < 1.29 is 14.4 Å². The predicted octanol–water partition coefficient (Wildman–Crippen LogP) is 5.60. The van der Waals surface area contributed by atoms with Crippen LogP contribution in [0.3, 0.4) is 0 Å². The normalized spacial score (nSPS) is 27.3. The van der Waals surface area contributed by atoms with Gasteiger partial charge in [-0.2, -0.15) is 0 Å². The van der Waals surface area contributed by atoms with Gasteiger partial charge in [0.15, 0.2) is 4.34 Å². The number of amides is 2. The van der Waals surface area contributed by atoms with Crippen LogP contribution in [0.4, 0.5) is 5.69 Å². The number of carbonyl (C=O) groups excluding carboxylic acids is 3. The third-order valence-electron chi connectivity index (χ3n) is 9.43. The number of imide groups is 1. The summed E-state index contributed by atoms with van der Waals surface area (Å²) in [4.78, 5) is 46.2. The maximum atomic E-state index is 13.5. The van der Waals surface area contributed by atoms with Crippen molar-refractivity contribution in [1.29, 1.82) is 0 Å². The zero-order valence-corrected chi connectivity index (χ0v) is 22.8. The molecule has 6 nitrogen and oxygen atoms in total. The lowest BCUT2D eigenvalue weighted by atomic mass is 9.85. The van der Waals surface area contributed by atoms with E-state index in [1.807, 2.05) is 18.2 Å². The second kappa shape index (κ2) is 8.65. The number of hydrogen-bond acceptors (Lipinski definition) is 6. The zero-order chi connectivity index (χ0) is 25.5. The van der Waals surface area contributed by atoms with Gasteiger partial charge in [-0.1, -0.05) is 23.9 Å². The van der Waals surface area contributed by atoms with E-state index in [2.05, 4.69) is 16.7 Å². The minimum atomic E-state index is -0.197. The average molecular weight is 544 g/mol. The summed E-state index contributed by atoms with van der Waals surface area (Å²) in [5, 5.41) is 0. The fourth-order valence-corrected chi connectivity index (χ4v) is 9.78. The standard InChI is InChI=1S/C30H29N3O3S2/c34-25(33-22-7-3-1-5-19(22)20-6-2-4-8-23(20)33)15-37-30-31-21-12-11-18(14-24(21)38-30)32-28(35)26-16-9-10-17(13-16)27(26)29(32)36/h9-12,14,16-17,26-27H,1-8,13,15H2/t16-,17-,26-,27-/m0/s1. The largest absolute Gasteiger partial charge is 0.287 e. The Morgan fingerprint density at radius 1 is 0.921 bits per heavy atom. The van der Waals surface area contributed by atoms with Crippen LogP contribution in [0.2, 0.25) is 0 Å². The van der Waals surface area contributed by atoms with Crippen LogP contribution in [0.1, 0.15) is 59.4 Å². The number of aromatic nitrogens is 2. The highest BCUT2D eigenvalue weighted by atomic mass is 32.2. The number of allylic oxidation sites excluding steroid dienone is 2. The Bertz CT molecular complexity index is 1500. The first kappa shape index (κ1) is 23.2. The van der Waals surface area contributed by atoms with Crippen molar-refractivity contribution in [3.63, 3.8) is 0 Å². The molecule has 3 aromatic rings. The topological polar surface area (TPSA) is 72.3 Å². The van der Waals surface area contributed by atoms with E-state index in [0.29, 0.717) is 11.4 Å². The molecule has 1 saturated carbocycles. The van der Waals surface area contributed by atoms with Gasteiger partial charge in [-0.25, -0.2) is 9.88 Å². The van der Waals surface area contributed by atoms with Crippen molar-refractivity contribution in [3.8, 4) is 0 Å². The highest BCUT2D eigenvalue weighted by molar-refractivity contribution is 8.01. The quantitative estimate of drug-likeness (QED) is 0.243. The van der Waals surface area contributed by atoms with Crippen LogP contribution in [-0.2, 0) is 35.3 Å². The number of anilines is 1. The summed E-state index contributed by atoms with van der Waals surface area (Å²) < 4.78 is 3.86. The van der Waals surface area contributed by atoms with Gasteiger partial charge < -0.3 is 0 Å². The van der Waals surface area contributed by atoms with E-state index in [4.69, 9.17) is 4.98 Å². The summed E-state index contributed by atoms with van der Waals surface area (Å²) in [5.41, 5.74) is 6.97. The Morgan fingerprint density at radius 2 is 1.55 bits per heavy atom. The van der Waals surface area contributed by atoms with Crippen molar-refractivity contribution in [2.24, 2.45) is 23.7 Å². The molecule has 1 saturated heterocycles. The summed E-state index contributed by atoms with van der Waals surface area (Å²) >= 11 is 3.03. The first-order chi connectivity index (χ1) is 18.6. The van der Waals surface area contributed by atoms with E-state index >= 15 is 0 Å². The SMILES string of the molecule is O=C1[C@@H]2[C@@H](C(=O)N1c1ccc3nc(SCC(=O)n4c5c(c6c4CCCC6)CCCC5)sc3c1)[C@H]1C=C[C@H]2C1. The number of thiazole rings is 1. The fraction of sp³-hybridized carbons (Fsp3) is 0.467. The minimum Gasteiger partial charge on any atom is -0.287 e. The lowest BCUT2D eigenvalue weighted by molar-refractivity contribution is -0.123. The van der Waals surface area contributed by atoms with Crippen LogP contribution in [0, 0.1) is 23.7 Å². The van der Waals surface area contributed by atoms with Gasteiger partial charge in [0.05, 0.1) is 33.5 Å². The van der Waals surface area contributed by atoms with E-state index in [-0.39, 0.29) is 41.4 Å². The van der Waals surface area contributed by atoms with Crippen LogP contribution in [0.5, 0.6) is 0 Å². The molecular formula is C30H29N3O3S2. The van der Waals surface area contributed by atoms with Crippen molar-refractivity contribution in [2.45, 2.75) is 62.1 Å². The molecule has 0 radical (unpaired) electrons. The number of fused-ring (bicyclic) bond motifs is 9. The second-order valence-corrected chi connectivity index (χ2v) is 13.7. The smallest absolute Gasteiger partial charge is 0.241 e. The van der Waals surface area contributed by atoms with Gasteiger partial charge in [-0.15, -0.1) is 11.3 Å². The van der Waals surface area contributed by atoms with E-state index in [1.165, 1.54) is 63.4 Å². The Morgan fingerprint density at radius 3 is 2.21 bits per heavy atom. The van der Waals surface area contributed by atoms with E-state index < -0.39 is 0 Å². The predicted molar refractivity (Wildman–Crippen MR) is 149 cm³/mol. The van der Waals surface area contributed by atoms with Crippen LogP contribution in [0.15, 0.2) is 34.7 Å². The molecule has 1 aromatic carbocycles. The first-order valence-electron chi connectivity index (χ1n) is 14.0. The molecule has 8 heteroatoms. The van der Waals surface area contributed by atoms with Crippen molar-refractivity contribution >= 4 is 56.7 Å². The Labute approximate surface area is 229 Å². The maximum absolute atomic E-state index is 13.5. The number of nitrogens with zero attached hydrogens (tertiary/aromatic N) is 3. The van der Waals surface area contributed by atoms with Crippen molar-refractivity contribution in [2.75, 3.05) is 10.7 Å². The van der Waals surface area contributed by atoms with Crippen LogP contribution in [0.25, 0.3) is 10.2 Å². The average Bonchev–Trinajstić information content (AvgIpc) is 3.74. The summed E-state index contributed by atoms with van der Waals surface area (Å²) in [6.45, 7) is 0. The highest BCUT2D eigenvalue weighted by Gasteiger charge is 2.59. The number of hydrogen-bond donors (Lipinski definition) is 0. The third-order valence-corrected chi connectivity index (χ3v) is 11.6.